The van der Waals surface area contributed by atoms with E-state index in [0.29, 0.717) is 40.6 Å². The molecule has 0 fully saturated rings. The molecule has 2 aromatic carbocycles. The molecule has 33 heavy (non-hydrogen) atoms. The number of aromatic nitrogens is 1. The van der Waals surface area contributed by atoms with Crippen molar-refractivity contribution >= 4 is 11.9 Å². The van der Waals surface area contributed by atoms with Crippen LogP contribution in [0.3, 0.4) is 0 Å². The summed E-state index contributed by atoms with van der Waals surface area (Å²) in [4.78, 5) is 29.6. The number of carbonyl (C=O) groups excluding carboxylic acids is 2. The van der Waals surface area contributed by atoms with Gasteiger partial charge in [0.25, 0.3) is 0 Å². The Kier molecular flexibility index (Phi) is 7.33. The number of benzene rings is 2. The van der Waals surface area contributed by atoms with E-state index in [4.69, 9.17) is 18.9 Å². The zero-order valence-electron chi connectivity index (χ0n) is 19.6. The zero-order chi connectivity index (χ0) is 24.1. The molecule has 0 aliphatic rings. The smallest absolute Gasteiger partial charge is 0.340 e. The number of aryl methyl sites for hydroxylation is 3. The molecule has 3 rings (SSSR count). The van der Waals surface area contributed by atoms with Crippen LogP contribution in [-0.2, 0) is 16.1 Å². The van der Waals surface area contributed by atoms with Crippen LogP contribution in [0.2, 0.25) is 0 Å². The Labute approximate surface area is 193 Å². The molecule has 0 bridgehead atoms. The molecule has 0 aliphatic heterocycles. The van der Waals surface area contributed by atoms with Crippen LogP contribution in [-0.4, -0.2) is 38.3 Å². The zero-order valence-corrected chi connectivity index (χ0v) is 19.6. The Morgan fingerprint density at radius 3 is 1.88 bits per heavy atom. The maximum atomic E-state index is 12.6. The van der Waals surface area contributed by atoms with Crippen LogP contribution in [0.4, 0.5) is 0 Å². The average Bonchev–Trinajstić information content (AvgIpc) is 2.82. The lowest BCUT2D eigenvalue weighted by atomic mass is 9.92. The topological polar surface area (TPSA) is 84.0 Å². The predicted molar refractivity (Wildman–Crippen MR) is 124 cm³/mol. The fourth-order valence-electron chi connectivity index (χ4n) is 3.63. The third-order valence-corrected chi connectivity index (χ3v) is 5.31. The molecule has 0 saturated carbocycles. The maximum Gasteiger partial charge on any atom is 0.340 e. The van der Waals surface area contributed by atoms with Crippen molar-refractivity contribution in [2.75, 3.05) is 21.3 Å². The number of ether oxygens (including phenoxy) is 4. The van der Waals surface area contributed by atoms with E-state index in [2.05, 4.69) is 4.98 Å². The maximum absolute atomic E-state index is 12.6. The first-order chi connectivity index (χ1) is 15.8. The Bertz CT molecular complexity index is 1140. The van der Waals surface area contributed by atoms with Gasteiger partial charge in [-0.15, -0.1) is 0 Å². The van der Waals surface area contributed by atoms with Crippen molar-refractivity contribution in [1.29, 1.82) is 0 Å². The Balaban J connectivity index is 2.11. The van der Waals surface area contributed by atoms with Crippen LogP contribution in [0.1, 0.15) is 43.2 Å². The van der Waals surface area contributed by atoms with Crippen molar-refractivity contribution in [3.05, 3.63) is 76.1 Å². The number of nitrogens with zero attached hydrogens (tertiary/aromatic N) is 1. The van der Waals surface area contributed by atoms with E-state index in [9.17, 15) is 9.59 Å². The molecular weight excluding hydrogens is 422 g/mol. The lowest BCUT2D eigenvalue weighted by molar-refractivity contribution is 0.0599. The van der Waals surface area contributed by atoms with Crippen molar-refractivity contribution in [1.82, 2.24) is 4.98 Å². The summed E-state index contributed by atoms with van der Waals surface area (Å²) in [6.07, 6.45) is 0. The molecule has 0 spiro atoms. The molecule has 0 saturated heterocycles. The van der Waals surface area contributed by atoms with E-state index >= 15 is 0 Å². The summed E-state index contributed by atoms with van der Waals surface area (Å²) in [7, 11) is 4.10. The van der Waals surface area contributed by atoms with Crippen molar-refractivity contribution in [3.8, 4) is 22.6 Å². The summed E-state index contributed by atoms with van der Waals surface area (Å²) in [6.45, 7) is 5.78. The molecule has 7 heteroatoms. The van der Waals surface area contributed by atoms with Crippen LogP contribution in [0.5, 0.6) is 11.5 Å². The van der Waals surface area contributed by atoms with Gasteiger partial charge in [-0.25, -0.2) is 9.59 Å². The van der Waals surface area contributed by atoms with Crippen LogP contribution in [0, 0.1) is 20.8 Å². The van der Waals surface area contributed by atoms with E-state index in [1.807, 2.05) is 31.2 Å². The van der Waals surface area contributed by atoms with E-state index < -0.39 is 11.9 Å². The first-order valence-corrected chi connectivity index (χ1v) is 10.3. The molecule has 1 heterocycles. The molecule has 0 radical (unpaired) electrons. The first kappa shape index (κ1) is 23.8. The summed E-state index contributed by atoms with van der Waals surface area (Å²) < 4.78 is 21.5. The van der Waals surface area contributed by atoms with Gasteiger partial charge in [0.05, 0.1) is 43.8 Å². The molecule has 0 N–H and O–H groups in total. The van der Waals surface area contributed by atoms with E-state index in [0.717, 1.165) is 5.56 Å². The lowest BCUT2D eigenvalue weighted by Gasteiger charge is -2.18. The van der Waals surface area contributed by atoms with Crippen LogP contribution in [0.15, 0.2) is 42.5 Å². The fourth-order valence-corrected chi connectivity index (χ4v) is 3.63. The molecule has 0 unspecified atom stereocenters. The van der Waals surface area contributed by atoms with Crippen LogP contribution >= 0.6 is 0 Å². The molecule has 0 atom stereocenters. The van der Waals surface area contributed by atoms with Gasteiger partial charge < -0.3 is 18.9 Å². The number of carbonyl (C=O) groups is 2. The van der Waals surface area contributed by atoms with Crippen molar-refractivity contribution in [3.63, 3.8) is 0 Å². The third-order valence-electron chi connectivity index (χ3n) is 5.31. The van der Waals surface area contributed by atoms with Gasteiger partial charge >= 0.3 is 11.9 Å². The summed E-state index contributed by atoms with van der Waals surface area (Å²) in [5, 5.41) is 0. The lowest BCUT2D eigenvalue weighted by Crippen LogP contribution is -2.16. The van der Waals surface area contributed by atoms with Gasteiger partial charge in [0.2, 0.25) is 0 Å². The average molecular weight is 450 g/mol. The van der Waals surface area contributed by atoms with Gasteiger partial charge in [0.1, 0.15) is 6.61 Å². The van der Waals surface area contributed by atoms with E-state index in [1.165, 1.54) is 26.9 Å². The second-order valence-electron chi connectivity index (χ2n) is 7.53. The molecule has 1 aromatic heterocycles. The van der Waals surface area contributed by atoms with Gasteiger partial charge in [-0.2, -0.15) is 0 Å². The monoisotopic (exact) mass is 449 g/mol. The van der Waals surface area contributed by atoms with Crippen molar-refractivity contribution in [2.45, 2.75) is 27.4 Å². The fraction of sp³-hybridized carbons (Fsp3) is 0.269. The van der Waals surface area contributed by atoms with Gasteiger partial charge in [0.15, 0.2) is 11.5 Å². The molecular formula is C26H27NO6. The van der Waals surface area contributed by atoms with Crippen LogP contribution < -0.4 is 9.47 Å². The second-order valence-corrected chi connectivity index (χ2v) is 7.53. The minimum Gasteiger partial charge on any atom is -0.493 e. The van der Waals surface area contributed by atoms with Gasteiger partial charge in [0, 0.05) is 5.56 Å². The van der Waals surface area contributed by atoms with Gasteiger partial charge in [-0.05, 0) is 44.0 Å². The standard InChI is InChI=1S/C26H27NO6/c1-15-7-9-18(10-8-15)14-33-20-12-11-19(13-21(20)30-4)24-22(25(28)31-5)16(2)27-17(3)23(24)26(29)32-6/h7-13H,14H2,1-6H3. The molecule has 172 valence electrons. The SMILES string of the molecule is COC(=O)c1c(C)nc(C)c(C(=O)OC)c1-c1ccc(OCc2ccc(C)cc2)c(OC)c1. The highest BCUT2D eigenvalue weighted by atomic mass is 16.5. The Hall–Kier alpha value is -3.87. The van der Waals surface area contributed by atoms with Gasteiger partial charge in [-0.3, -0.25) is 4.98 Å². The summed E-state index contributed by atoms with van der Waals surface area (Å²) in [6, 6.07) is 13.3. The highest BCUT2D eigenvalue weighted by Crippen LogP contribution is 2.38. The normalized spacial score (nSPS) is 10.5. The minimum absolute atomic E-state index is 0.193. The summed E-state index contributed by atoms with van der Waals surface area (Å²) >= 11 is 0. The number of methoxy groups -OCH3 is 3. The molecule has 0 aliphatic carbocycles. The Morgan fingerprint density at radius 2 is 1.36 bits per heavy atom. The molecule has 7 nitrogen and oxygen atoms in total. The van der Waals surface area contributed by atoms with Crippen molar-refractivity contribution in [2.24, 2.45) is 0 Å². The van der Waals surface area contributed by atoms with Crippen LogP contribution in [0.25, 0.3) is 11.1 Å². The predicted octanol–water partition coefficient (Wildman–Crippen LogP) is 4.83. The number of hydrogen-bond donors (Lipinski definition) is 0. The minimum atomic E-state index is -0.598. The number of pyridine rings is 1. The highest BCUT2D eigenvalue weighted by molar-refractivity contribution is 6.07. The van der Waals surface area contributed by atoms with E-state index in [1.54, 1.807) is 32.0 Å². The summed E-state index contributed by atoms with van der Waals surface area (Å²) in [5.74, 6) is -0.209. The van der Waals surface area contributed by atoms with Gasteiger partial charge in [-0.1, -0.05) is 35.9 Å². The highest BCUT2D eigenvalue weighted by Gasteiger charge is 2.27. The first-order valence-electron chi connectivity index (χ1n) is 10.3. The Morgan fingerprint density at radius 1 is 0.788 bits per heavy atom. The second kappa shape index (κ2) is 10.2. The molecule has 3 aromatic rings. The quantitative estimate of drug-likeness (QED) is 0.478. The number of hydrogen-bond acceptors (Lipinski definition) is 7. The number of esters is 2. The van der Waals surface area contributed by atoms with Crippen molar-refractivity contribution < 1.29 is 28.5 Å². The van der Waals surface area contributed by atoms with E-state index in [-0.39, 0.29) is 11.1 Å². The molecule has 0 amide bonds. The largest absolute Gasteiger partial charge is 0.493 e. The summed E-state index contributed by atoms with van der Waals surface area (Å²) in [5.41, 5.74) is 4.42. The third kappa shape index (κ3) is 4.98. The number of rotatable bonds is 7.